The quantitative estimate of drug-likeness (QED) is 0.502. The lowest BCUT2D eigenvalue weighted by atomic mass is 9.98. The van der Waals surface area contributed by atoms with Gasteiger partial charge in [0.15, 0.2) is 5.79 Å². The molecule has 4 unspecified atom stereocenters. The highest BCUT2D eigenvalue weighted by Gasteiger charge is 2.56. The normalized spacial score (nSPS) is 49.0. The zero-order valence-electron chi connectivity index (χ0n) is 8.71. The fourth-order valence-electron chi connectivity index (χ4n) is 1.97. The summed E-state index contributed by atoms with van der Waals surface area (Å²) in [4.78, 5) is 0. The minimum atomic E-state index is -1.95. The van der Waals surface area contributed by atoms with Crippen LogP contribution in [0.4, 0.5) is 0 Å². The molecule has 0 aromatic carbocycles. The van der Waals surface area contributed by atoms with Crippen LogP contribution in [0.3, 0.4) is 0 Å². The molecule has 0 aromatic rings. The Balaban J connectivity index is 2.16. The van der Waals surface area contributed by atoms with Gasteiger partial charge in [-0.2, -0.15) is 0 Å². The van der Waals surface area contributed by atoms with Gasteiger partial charge in [-0.25, -0.2) is 0 Å². The third-order valence-corrected chi connectivity index (χ3v) is 2.72. The lowest BCUT2D eigenvalue weighted by molar-refractivity contribution is -0.318. The summed E-state index contributed by atoms with van der Waals surface area (Å²) in [6.07, 6.45) is -2.41. The molecule has 4 atom stereocenters. The van der Waals surface area contributed by atoms with Gasteiger partial charge in [0, 0.05) is 0 Å². The van der Waals surface area contributed by atoms with Gasteiger partial charge in [0.1, 0.15) is 18.3 Å². The molecule has 2 aliphatic rings. The number of fused-ring (bicyclic) bond motifs is 1. The number of aliphatic hydroxyl groups excluding tert-OH is 2. The van der Waals surface area contributed by atoms with E-state index in [-0.39, 0.29) is 6.61 Å². The smallest absolute Gasteiger partial charge is 0.218 e. The molecule has 0 aliphatic carbocycles. The molecule has 0 amide bonds. The van der Waals surface area contributed by atoms with Gasteiger partial charge in [-0.05, 0) is 13.8 Å². The van der Waals surface area contributed by atoms with Crippen LogP contribution in [0.2, 0.25) is 0 Å². The summed E-state index contributed by atoms with van der Waals surface area (Å²) in [5, 5.41) is 28.4. The minimum Gasteiger partial charge on any atom is -0.391 e. The molecule has 15 heavy (non-hydrogen) atoms. The molecular formula is C9H16O6. The van der Waals surface area contributed by atoms with Crippen molar-refractivity contribution in [1.82, 2.24) is 0 Å². The van der Waals surface area contributed by atoms with E-state index in [9.17, 15) is 10.2 Å². The molecule has 2 heterocycles. The first-order valence-electron chi connectivity index (χ1n) is 4.89. The highest BCUT2D eigenvalue weighted by atomic mass is 16.8. The van der Waals surface area contributed by atoms with Gasteiger partial charge >= 0.3 is 0 Å². The van der Waals surface area contributed by atoms with Crippen LogP contribution in [0.25, 0.3) is 0 Å². The molecule has 88 valence electrons. The summed E-state index contributed by atoms with van der Waals surface area (Å²) in [5.74, 6) is -2.76. The van der Waals surface area contributed by atoms with Crippen LogP contribution < -0.4 is 0 Å². The maximum atomic E-state index is 9.79. The van der Waals surface area contributed by atoms with E-state index in [1.54, 1.807) is 13.8 Å². The second-order valence-electron chi connectivity index (χ2n) is 4.40. The van der Waals surface area contributed by atoms with Gasteiger partial charge in [-0.15, -0.1) is 0 Å². The Morgan fingerprint density at radius 2 is 2.00 bits per heavy atom. The van der Waals surface area contributed by atoms with Crippen LogP contribution >= 0.6 is 0 Å². The van der Waals surface area contributed by atoms with E-state index < -0.39 is 36.5 Å². The highest BCUT2D eigenvalue weighted by molar-refractivity contribution is 4.97. The molecule has 2 aliphatic heterocycles. The Kier molecular flexibility index (Phi) is 2.53. The number of rotatable bonds is 1. The first kappa shape index (κ1) is 11.3. The van der Waals surface area contributed by atoms with Gasteiger partial charge in [-0.1, -0.05) is 0 Å². The first-order chi connectivity index (χ1) is 6.88. The number of aliphatic hydroxyl groups is 3. The summed E-state index contributed by atoms with van der Waals surface area (Å²) >= 11 is 0. The predicted molar refractivity (Wildman–Crippen MR) is 47.8 cm³/mol. The maximum absolute atomic E-state index is 9.79. The molecule has 0 radical (unpaired) electrons. The second-order valence-corrected chi connectivity index (χ2v) is 4.40. The van der Waals surface area contributed by atoms with Crippen molar-refractivity contribution < 1.29 is 29.5 Å². The number of ether oxygens (including phenoxy) is 3. The Hall–Kier alpha value is -0.240. The molecule has 2 rings (SSSR count). The highest BCUT2D eigenvalue weighted by Crippen LogP contribution is 2.37. The zero-order valence-corrected chi connectivity index (χ0v) is 8.71. The fourth-order valence-corrected chi connectivity index (χ4v) is 1.97. The van der Waals surface area contributed by atoms with Crippen LogP contribution in [0.15, 0.2) is 0 Å². The van der Waals surface area contributed by atoms with Crippen molar-refractivity contribution in [3.05, 3.63) is 0 Å². The number of hydrogen-bond acceptors (Lipinski definition) is 6. The molecule has 2 saturated heterocycles. The standard InChI is InChI=1S/C9H16O6/c1-8(2)14-5-3-13-9(12,4-10)7(11)6(5)15-8/h5-7,10-12H,3-4H2,1-2H3. The van der Waals surface area contributed by atoms with E-state index in [1.165, 1.54) is 0 Å². The lowest BCUT2D eigenvalue weighted by Crippen LogP contribution is -2.61. The van der Waals surface area contributed by atoms with Crippen LogP contribution in [-0.4, -0.2) is 58.4 Å². The summed E-state index contributed by atoms with van der Waals surface area (Å²) in [5.41, 5.74) is 0. The van der Waals surface area contributed by atoms with E-state index in [1.807, 2.05) is 0 Å². The average molecular weight is 220 g/mol. The maximum Gasteiger partial charge on any atom is 0.218 e. The predicted octanol–water partition coefficient (Wildman–Crippen LogP) is -1.42. The average Bonchev–Trinajstić information content (AvgIpc) is 2.48. The van der Waals surface area contributed by atoms with Gasteiger partial charge in [-0.3, -0.25) is 0 Å². The second kappa shape index (κ2) is 3.38. The van der Waals surface area contributed by atoms with Crippen molar-refractivity contribution >= 4 is 0 Å². The molecule has 0 spiro atoms. The Labute approximate surface area is 87.4 Å². The van der Waals surface area contributed by atoms with E-state index in [2.05, 4.69) is 0 Å². The van der Waals surface area contributed by atoms with E-state index >= 15 is 0 Å². The third kappa shape index (κ3) is 1.77. The first-order valence-corrected chi connectivity index (χ1v) is 4.89. The zero-order chi connectivity index (χ0) is 11.3. The lowest BCUT2D eigenvalue weighted by Gasteiger charge is -2.39. The van der Waals surface area contributed by atoms with Crippen molar-refractivity contribution in [2.45, 2.75) is 43.7 Å². The summed E-state index contributed by atoms with van der Waals surface area (Å²) < 4.78 is 15.9. The topological polar surface area (TPSA) is 88.4 Å². The summed E-state index contributed by atoms with van der Waals surface area (Å²) in [7, 11) is 0. The SMILES string of the molecule is CC1(C)OC2COC(O)(CO)C(O)C2O1. The monoisotopic (exact) mass is 220 g/mol. The molecule has 0 bridgehead atoms. The molecule has 3 N–H and O–H groups in total. The molecule has 0 saturated carbocycles. The van der Waals surface area contributed by atoms with Crippen molar-refractivity contribution in [3.8, 4) is 0 Å². The van der Waals surface area contributed by atoms with Crippen LogP contribution in [0.5, 0.6) is 0 Å². The van der Waals surface area contributed by atoms with E-state index in [4.69, 9.17) is 19.3 Å². The summed E-state index contributed by atoms with van der Waals surface area (Å²) in [6, 6.07) is 0. The van der Waals surface area contributed by atoms with E-state index in [0.717, 1.165) is 0 Å². The third-order valence-electron chi connectivity index (χ3n) is 2.72. The minimum absolute atomic E-state index is 0.0855. The molecule has 0 aromatic heterocycles. The van der Waals surface area contributed by atoms with Gasteiger partial charge in [0.25, 0.3) is 0 Å². The Morgan fingerprint density at radius 1 is 1.33 bits per heavy atom. The van der Waals surface area contributed by atoms with Gasteiger partial charge in [0.05, 0.1) is 13.2 Å². The summed E-state index contributed by atoms with van der Waals surface area (Å²) in [6.45, 7) is 2.84. The largest absolute Gasteiger partial charge is 0.391 e. The molecular weight excluding hydrogens is 204 g/mol. The molecule has 6 heteroatoms. The Morgan fingerprint density at radius 3 is 2.60 bits per heavy atom. The number of hydrogen-bond donors (Lipinski definition) is 3. The van der Waals surface area contributed by atoms with Crippen molar-refractivity contribution in [1.29, 1.82) is 0 Å². The Bertz CT molecular complexity index is 255. The van der Waals surface area contributed by atoms with Gasteiger partial charge < -0.3 is 29.5 Å². The fraction of sp³-hybridized carbons (Fsp3) is 1.00. The van der Waals surface area contributed by atoms with Gasteiger partial charge in [0.2, 0.25) is 5.79 Å². The van der Waals surface area contributed by atoms with Crippen LogP contribution in [-0.2, 0) is 14.2 Å². The van der Waals surface area contributed by atoms with Crippen molar-refractivity contribution in [2.24, 2.45) is 0 Å². The van der Waals surface area contributed by atoms with E-state index in [0.29, 0.717) is 0 Å². The molecule has 6 nitrogen and oxygen atoms in total. The van der Waals surface area contributed by atoms with Crippen molar-refractivity contribution in [2.75, 3.05) is 13.2 Å². The van der Waals surface area contributed by atoms with Crippen LogP contribution in [0.1, 0.15) is 13.8 Å². The molecule has 2 fully saturated rings. The van der Waals surface area contributed by atoms with Crippen LogP contribution in [0, 0.1) is 0 Å². The van der Waals surface area contributed by atoms with Crippen molar-refractivity contribution in [3.63, 3.8) is 0 Å².